The van der Waals surface area contributed by atoms with Crippen molar-refractivity contribution in [2.24, 2.45) is 0 Å². The van der Waals surface area contributed by atoms with E-state index in [4.69, 9.17) is 4.74 Å². The third-order valence-corrected chi connectivity index (χ3v) is 4.16. The number of benzene rings is 2. The van der Waals surface area contributed by atoms with E-state index in [1.54, 1.807) is 24.3 Å². The second kappa shape index (κ2) is 11.5. The van der Waals surface area contributed by atoms with Crippen LogP contribution in [0.5, 0.6) is 0 Å². The molecule has 3 N–H and O–H groups in total. The number of carbonyl (C=O) groups excluding carboxylic acids is 3. The van der Waals surface area contributed by atoms with Gasteiger partial charge in [-0.25, -0.2) is 14.0 Å². The smallest absolute Gasteiger partial charge is 0.408 e. The van der Waals surface area contributed by atoms with Gasteiger partial charge in [-0.15, -0.1) is 0 Å². The Morgan fingerprint density at radius 3 is 2.23 bits per heavy atom. The first-order valence-electron chi connectivity index (χ1n) is 9.13. The molecule has 0 heterocycles. The third kappa shape index (κ3) is 7.17. The van der Waals surface area contributed by atoms with Crippen molar-refractivity contribution in [3.63, 3.8) is 0 Å². The fraction of sp³-hybridized carbons (Fsp3) is 0.286. The second-order valence-electron chi connectivity index (χ2n) is 6.36. The molecule has 0 bridgehead atoms. The van der Waals surface area contributed by atoms with Crippen molar-refractivity contribution in [2.75, 3.05) is 13.7 Å². The monoisotopic (exact) mass is 418 g/mol. The zero-order chi connectivity index (χ0) is 21.9. The summed E-state index contributed by atoms with van der Waals surface area (Å²) in [5, 5.41) is 14.1. The molecule has 0 aliphatic carbocycles. The van der Waals surface area contributed by atoms with Gasteiger partial charge in [0.15, 0.2) is 0 Å². The number of methoxy groups -OCH3 is 1. The Morgan fingerprint density at radius 2 is 1.63 bits per heavy atom. The maximum atomic E-state index is 13.1. The first kappa shape index (κ1) is 22.8. The number of esters is 1. The zero-order valence-electron chi connectivity index (χ0n) is 16.3. The van der Waals surface area contributed by atoms with E-state index in [2.05, 4.69) is 15.4 Å². The first-order chi connectivity index (χ1) is 14.4. The molecule has 0 unspecified atom stereocenters. The summed E-state index contributed by atoms with van der Waals surface area (Å²) < 4.78 is 22.8. The van der Waals surface area contributed by atoms with Gasteiger partial charge in [0.2, 0.25) is 5.91 Å². The van der Waals surface area contributed by atoms with Crippen LogP contribution in [0.15, 0.2) is 54.6 Å². The summed E-state index contributed by atoms with van der Waals surface area (Å²) >= 11 is 0. The molecule has 2 rings (SSSR count). The molecule has 2 atom stereocenters. The molecule has 30 heavy (non-hydrogen) atoms. The van der Waals surface area contributed by atoms with Crippen LogP contribution < -0.4 is 10.6 Å². The molecule has 2 amide bonds. The van der Waals surface area contributed by atoms with Crippen molar-refractivity contribution in [3.05, 3.63) is 71.5 Å². The van der Waals surface area contributed by atoms with Gasteiger partial charge >= 0.3 is 12.1 Å². The number of rotatable bonds is 9. The number of hydrogen-bond acceptors (Lipinski definition) is 6. The fourth-order valence-electron chi connectivity index (χ4n) is 2.57. The van der Waals surface area contributed by atoms with E-state index < -0.39 is 42.5 Å². The number of aliphatic hydroxyl groups is 1. The number of hydrogen-bond donors (Lipinski definition) is 3. The third-order valence-electron chi connectivity index (χ3n) is 4.16. The van der Waals surface area contributed by atoms with Gasteiger partial charge in [-0.3, -0.25) is 4.79 Å². The highest BCUT2D eigenvalue weighted by molar-refractivity contribution is 5.89. The Kier molecular flexibility index (Phi) is 8.76. The summed E-state index contributed by atoms with van der Waals surface area (Å²) in [5.41, 5.74) is 1.34. The molecule has 0 aliphatic rings. The SMILES string of the molecule is COC(=O)[C@H](Cc1ccc(F)cc1)NC(=O)[C@H](CO)NC(=O)OCc1ccccc1. The van der Waals surface area contributed by atoms with Crippen LogP contribution in [-0.2, 0) is 32.1 Å². The van der Waals surface area contributed by atoms with Crippen LogP contribution in [0.3, 0.4) is 0 Å². The minimum Gasteiger partial charge on any atom is -0.467 e. The molecule has 0 spiro atoms. The Bertz CT molecular complexity index is 844. The molecule has 2 aromatic carbocycles. The minimum atomic E-state index is -1.34. The van der Waals surface area contributed by atoms with Gasteiger partial charge in [0, 0.05) is 6.42 Å². The standard InChI is InChI=1S/C21H23FN2O6/c1-29-20(27)17(11-14-7-9-16(22)10-8-14)23-19(26)18(12-25)24-21(28)30-13-15-5-3-2-4-6-15/h2-10,17-18,25H,11-13H2,1H3,(H,23,26)(H,24,28)/t17-,18-/m0/s1. The maximum Gasteiger partial charge on any atom is 0.408 e. The van der Waals surface area contributed by atoms with Crippen molar-refractivity contribution >= 4 is 18.0 Å². The van der Waals surface area contributed by atoms with E-state index in [9.17, 15) is 23.9 Å². The largest absolute Gasteiger partial charge is 0.467 e. The van der Waals surface area contributed by atoms with Crippen LogP contribution in [0.1, 0.15) is 11.1 Å². The van der Waals surface area contributed by atoms with E-state index in [1.165, 1.54) is 24.3 Å². The number of amides is 2. The summed E-state index contributed by atoms with van der Waals surface area (Å²) in [4.78, 5) is 36.4. The Hall–Kier alpha value is -3.46. The topological polar surface area (TPSA) is 114 Å². The van der Waals surface area contributed by atoms with Gasteiger partial charge in [0.1, 0.15) is 24.5 Å². The first-order valence-corrected chi connectivity index (χ1v) is 9.13. The van der Waals surface area contributed by atoms with Crippen molar-refractivity contribution in [3.8, 4) is 0 Å². The number of ether oxygens (including phenoxy) is 2. The lowest BCUT2D eigenvalue weighted by Crippen LogP contribution is -2.54. The molecular formula is C21H23FN2O6. The van der Waals surface area contributed by atoms with Crippen molar-refractivity contribution in [1.29, 1.82) is 0 Å². The maximum absolute atomic E-state index is 13.1. The molecule has 2 aromatic rings. The molecule has 0 saturated carbocycles. The lowest BCUT2D eigenvalue weighted by atomic mass is 10.1. The quantitative estimate of drug-likeness (QED) is 0.529. The predicted molar refractivity (Wildman–Crippen MR) is 105 cm³/mol. The molecule has 8 nitrogen and oxygen atoms in total. The van der Waals surface area contributed by atoms with Crippen LogP contribution in [0.4, 0.5) is 9.18 Å². The summed E-state index contributed by atoms with van der Waals surface area (Å²) in [6, 6.07) is 11.9. The molecule has 0 aromatic heterocycles. The number of alkyl carbamates (subject to hydrolysis) is 1. The Balaban J connectivity index is 1.94. The molecule has 0 fully saturated rings. The van der Waals surface area contributed by atoms with Gasteiger partial charge < -0.3 is 25.2 Å². The van der Waals surface area contributed by atoms with Crippen LogP contribution >= 0.6 is 0 Å². The number of carbonyl (C=O) groups is 3. The van der Waals surface area contributed by atoms with Gasteiger partial charge in [-0.2, -0.15) is 0 Å². The van der Waals surface area contributed by atoms with Gasteiger partial charge in [-0.05, 0) is 23.3 Å². The normalized spacial score (nSPS) is 12.4. The van der Waals surface area contributed by atoms with E-state index in [0.717, 1.165) is 12.7 Å². The zero-order valence-corrected chi connectivity index (χ0v) is 16.3. The van der Waals surface area contributed by atoms with E-state index in [0.29, 0.717) is 5.56 Å². The minimum absolute atomic E-state index is 0.0121. The highest BCUT2D eigenvalue weighted by atomic mass is 19.1. The summed E-state index contributed by atoms with van der Waals surface area (Å²) in [7, 11) is 1.16. The van der Waals surface area contributed by atoms with Gasteiger partial charge in [0.25, 0.3) is 0 Å². The second-order valence-corrected chi connectivity index (χ2v) is 6.36. The summed E-state index contributed by atoms with van der Waals surface area (Å²) in [6.07, 6.45) is -0.865. The number of aliphatic hydroxyl groups excluding tert-OH is 1. The average molecular weight is 418 g/mol. The molecule has 0 radical (unpaired) electrons. The van der Waals surface area contributed by atoms with E-state index in [1.807, 2.05) is 6.07 Å². The van der Waals surface area contributed by atoms with E-state index in [-0.39, 0.29) is 13.0 Å². The summed E-state index contributed by atoms with van der Waals surface area (Å²) in [5.74, 6) is -1.96. The van der Waals surface area contributed by atoms with Crippen LogP contribution in [0, 0.1) is 5.82 Å². The Labute approximate surface area is 173 Å². The molecule has 0 saturated heterocycles. The van der Waals surface area contributed by atoms with Crippen LogP contribution in [0.2, 0.25) is 0 Å². The van der Waals surface area contributed by atoms with Crippen molar-refractivity contribution in [1.82, 2.24) is 10.6 Å². The molecule has 9 heteroatoms. The fourth-order valence-corrected chi connectivity index (χ4v) is 2.57. The predicted octanol–water partition coefficient (Wildman–Crippen LogP) is 1.31. The molecule has 160 valence electrons. The molecular weight excluding hydrogens is 395 g/mol. The van der Waals surface area contributed by atoms with Gasteiger partial charge in [0.05, 0.1) is 13.7 Å². The number of nitrogens with one attached hydrogen (secondary N) is 2. The van der Waals surface area contributed by atoms with Crippen LogP contribution in [-0.4, -0.2) is 48.9 Å². The van der Waals surface area contributed by atoms with Crippen LogP contribution in [0.25, 0.3) is 0 Å². The number of halogens is 1. The average Bonchev–Trinajstić information content (AvgIpc) is 2.77. The lowest BCUT2D eigenvalue weighted by Gasteiger charge is -2.21. The Morgan fingerprint density at radius 1 is 0.967 bits per heavy atom. The van der Waals surface area contributed by atoms with E-state index >= 15 is 0 Å². The highest BCUT2D eigenvalue weighted by Gasteiger charge is 2.27. The lowest BCUT2D eigenvalue weighted by molar-refractivity contribution is -0.145. The van der Waals surface area contributed by atoms with Crippen molar-refractivity contribution < 1.29 is 33.4 Å². The molecule has 0 aliphatic heterocycles. The highest BCUT2D eigenvalue weighted by Crippen LogP contribution is 2.07. The summed E-state index contributed by atoms with van der Waals surface area (Å²) in [6.45, 7) is -0.724. The van der Waals surface area contributed by atoms with Gasteiger partial charge in [-0.1, -0.05) is 42.5 Å². The van der Waals surface area contributed by atoms with Crippen molar-refractivity contribution in [2.45, 2.75) is 25.1 Å².